The molecule has 0 aliphatic heterocycles. The molecule has 0 radical (unpaired) electrons. The zero-order chi connectivity index (χ0) is 5.15. The summed E-state index contributed by atoms with van der Waals surface area (Å²) in [5, 5.41) is 8.53. The molecule has 0 rings (SSSR count). The molecule has 0 aliphatic carbocycles. The van der Waals surface area contributed by atoms with E-state index in [1.807, 2.05) is 0 Å². The average molecular weight is 203 g/mol. The molecule has 0 fully saturated rings. The van der Waals surface area contributed by atoms with Crippen LogP contribution in [0, 0.1) is 0 Å². The monoisotopic (exact) mass is 205 g/mol. The van der Waals surface area contributed by atoms with Gasteiger partial charge in [0.25, 0.3) is 0 Å². The number of nitrogens with two attached hydrogens (primary N) is 1. The van der Waals surface area contributed by atoms with Crippen LogP contribution in [-0.4, -0.2) is 37.6 Å². The molecule has 0 heterocycles. The van der Waals surface area contributed by atoms with E-state index in [4.69, 9.17) is 10.8 Å². The molecular formula is C3H9NOTe. The third-order valence-corrected chi connectivity index (χ3v) is 1.81. The van der Waals surface area contributed by atoms with Gasteiger partial charge < -0.3 is 0 Å². The zero-order valence-corrected chi connectivity index (χ0v) is 6.18. The maximum absolute atomic E-state index is 8.53. The summed E-state index contributed by atoms with van der Waals surface area (Å²) in [6, 6.07) is -0.0704. The molecule has 0 aliphatic rings. The van der Waals surface area contributed by atoms with Crippen LogP contribution in [0.1, 0.15) is 6.92 Å². The van der Waals surface area contributed by atoms with Gasteiger partial charge in [-0.25, -0.2) is 0 Å². The quantitative estimate of drug-likeness (QED) is 0.512. The summed E-state index contributed by atoms with van der Waals surface area (Å²) >= 11 is 1.35. The van der Waals surface area contributed by atoms with E-state index in [2.05, 4.69) is 0 Å². The second-order valence-corrected chi connectivity index (χ2v) is 2.78. The van der Waals surface area contributed by atoms with Gasteiger partial charge in [0.2, 0.25) is 0 Å². The van der Waals surface area contributed by atoms with E-state index in [1.165, 1.54) is 22.3 Å². The van der Waals surface area contributed by atoms with Crippen LogP contribution in [-0.2, 0) is 0 Å². The Balaban J connectivity index is 2.99. The van der Waals surface area contributed by atoms with Crippen molar-refractivity contribution in [2.75, 3.05) is 0 Å². The fourth-order valence-corrected chi connectivity index (χ4v) is 0. The van der Waals surface area contributed by atoms with Gasteiger partial charge in [-0.1, -0.05) is 0 Å². The van der Waals surface area contributed by atoms with Crippen LogP contribution in [0.15, 0.2) is 0 Å². The average Bonchev–Trinajstić information content (AvgIpc) is 1.36. The molecule has 1 unspecified atom stereocenters. The van der Waals surface area contributed by atoms with Gasteiger partial charge in [0, 0.05) is 0 Å². The van der Waals surface area contributed by atoms with Gasteiger partial charge in [0.1, 0.15) is 0 Å². The van der Waals surface area contributed by atoms with Crippen LogP contribution >= 0.6 is 0 Å². The molecule has 0 amide bonds. The fourth-order valence-electron chi connectivity index (χ4n) is 0. The van der Waals surface area contributed by atoms with Crippen LogP contribution < -0.4 is 5.73 Å². The van der Waals surface area contributed by atoms with Gasteiger partial charge in [-0.3, -0.25) is 0 Å². The van der Waals surface area contributed by atoms with E-state index in [1.54, 1.807) is 6.92 Å². The van der Waals surface area contributed by atoms with Crippen LogP contribution in [0.2, 0.25) is 0 Å². The first-order valence-electron chi connectivity index (χ1n) is 1.76. The molecule has 0 aromatic rings. The first kappa shape index (κ1) is 6.71. The Kier molecular flexibility index (Phi) is 3.15. The number of hydrogen-bond donors (Lipinski definition) is 2. The Labute approximate surface area is 50.6 Å². The molecule has 3 N–H and O–H groups in total. The number of aliphatic hydroxyl groups is 1. The van der Waals surface area contributed by atoms with Crippen molar-refractivity contribution in [1.29, 1.82) is 0 Å². The first-order chi connectivity index (χ1) is 2.64. The molecule has 0 spiro atoms. The minimum atomic E-state index is -0.320. The van der Waals surface area contributed by atoms with Gasteiger partial charge in [-0.05, 0) is 0 Å². The molecule has 6 heavy (non-hydrogen) atoms. The number of aliphatic hydroxyl groups excluding tert-OH is 1. The molecule has 38 valence electrons. The Morgan fingerprint density at radius 3 is 2.00 bits per heavy atom. The Morgan fingerprint density at radius 1 is 1.83 bits per heavy atom. The van der Waals surface area contributed by atoms with Crippen LogP contribution in [0.25, 0.3) is 0 Å². The van der Waals surface area contributed by atoms with Crippen molar-refractivity contribution in [2.45, 2.75) is 17.1 Å². The van der Waals surface area contributed by atoms with Crippen molar-refractivity contribution in [1.82, 2.24) is 0 Å². The number of rotatable bonds is 1. The van der Waals surface area contributed by atoms with Gasteiger partial charge in [-0.15, -0.1) is 0 Å². The van der Waals surface area contributed by atoms with Crippen LogP contribution in [0.4, 0.5) is 0 Å². The van der Waals surface area contributed by atoms with E-state index in [0.29, 0.717) is 0 Å². The Hall–Kier alpha value is 0.710. The Morgan fingerprint density at radius 2 is 2.00 bits per heavy atom. The molecule has 0 aromatic heterocycles. The predicted octanol–water partition coefficient (Wildman–Crippen LogP) is -1.45. The summed E-state index contributed by atoms with van der Waals surface area (Å²) in [6.07, 6.45) is 0. The molecule has 0 bridgehead atoms. The van der Waals surface area contributed by atoms with Crippen molar-refractivity contribution < 1.29 is 5.11 Å². The van der Waals surface area contributed by atoms with Crippen molar-refractivity contribution >= 4 is 22.3 Å². The topological polar surface area (TPSA) is 46.2 Å². The van der Waals surface area contributed by atoms with Crippen molar-refractivity contribution in [3.63, 3.8) is 0 Å². The van der Waals surface area contributed by atoms with Crippen LogP contribution in [0.5, 0.6) is 0 Å². The van der Waals surface area contributed by atoms with Gasteiger partial charge in [0.05, 0.1) is 0 Å². The maximum atomic E-state index is 8.53. The SMILES string of the molecule is C[C@H](N)C(O)[TeH]. The van der Waals surface area contributed by atoms with Gasteiger partial charge in [-0.2, -0.15) is 0 Å². The molecule has 2 nitrogen and oxygen atoms in total. The third-order valence-electron chi connectivity index (χ3n) is 0.470. The standard InChI is InChI=1S/C3H9NOTe/c1-2(4)3(5)6/h2-3,5-6H,4H2,1H3/t2-,3?/m0/s1. The number of hydrogen-bond acceptors (Lipinski definition) is 2. The zero-order valence-electron chi connectivity index (χ0n) is 3.63. The van der Waals surface area contributed by atoms with Gasteiger partial charge >= 0.3 is 50.3 Å². The summed E-state index contributed by atoms with van der Waals surface area (Å²) in [7, 11) is 0. The van der Waals surface area contributed by atoms with Crippen molar-refractivity contribution in [3.8, 4) is 0 Å². The van der Waals surface area contributed by atoms with Crippen molar-refractivity contribution in [3.05, 3.63) is 0 Å². The summed E-state index contributed by atoms with van der Waals surface area (Å²) in [4.78, 5) is 0. The van der Waals surface area contributed by atoms with Crippen molar-refractivity contribution in [2.24, 2.45) is 5.73 Å². The molecule has 0 saturated carbocycles. The van der Waals surface area contributed by atoms with E-state index in [0.717, 1.165) is 0 Å². The second-order valence-electron chi connectivity index (χ2n) is 1.27. The van der Waals surface area contributed by atoms with E-state index >= 15 is 0 Å². The first-order valence-corrected chi connectivity index (χ1v) is 3.23. The summed E-state index contributed by atoms with van der Waals surface area (Å²) in [5.74, 6) is 0. The normalized spacial score (nSPS) is 20.0. The molecule has 0 aromatic carbocycles. The summed E-state index contributed by atoms with van der Waals surface area (Å²) in [5.41, 5.74) is 5.20. The second kappa shape index (κ2) is 2.81. The summed E-state index contributed by atoms with van der Waals surface area (Å²) < 4.78 is -0.320. The van der Waals surface area contributed by atoms with E-state index in [-0.39, 0.29) is 10.2 Å². The van der Waals surface area contributed by atoms with Crippen LogP contribution in [0.3, 0.4) is 0 Å². The Bertz CT molecular complexity index is 31.8. The predicted molar refractivity (Wildman–Crippen MR) is 26.8 cm³/mol. The third kappa shape index (κ3) is 2.92. The fraction of sp³-hybridized carbons (Fsp3) is 1.00. The molecule has 2 atom stereocenters. The molecule has 3 heteroatoms. The van der Waals surface area contributed by atoms with E-state index < -0.39 is 0 Å². The summed E-state index contributed by atoms with van der Waals surface area (Å²) in [6.45, 7) is 1.78. The molecular weight excluding hydrogens is 194 g/mol. The van der Waals surface area contributed by atoms with Gasteiger partial charge in [0.15, 0.2) is 0 Å². The minimum absolute atomic E-state index is 0.0704. The van der Waals surface area contributed by atoms with E-state index in [9.17, 15) is 0 Å². The molecule has 0 saturated heterocycles.